The molecule has 5 heteroatoms. The molecule has 1 atom stereocenters. The van der Waals surface area contributed by atoms with Crippen molar-refractivity contribution in [2.45, 2.75) is 25.6 Å². The van der Waals surface area contributed by atoms with Gasteiger partial charge < -0.3 is 10.4 Å². The molecule has 0 aliphatic carbocycles. The van der Waals surface area contributed by atoms with Crippen molar-refractivity contribution < 1.29 is 18.3 Å². The second-order valence-electron chi connectivity index (χ2n) is 3.63. The topological polar surface area (TPSA) is 32.3 Å². The number of aromatic hydroxyl groups is 1. The van der Waals surface area contributed by atoms with E-state index in [-0.39, 0.29) is 18.3 Å². The van der Waals surface area contributed by atoms with Gasteiger partial charge in [-0.2, -0.15) is 13.2 Å². The lowest BCUT2D eigenvalue weighted by molar-refractivity contribution is -0.133. The van der Waals surface area contributed by atoms with E-state index in [0.717, 1.165) is 5.56 Å². The Hall–Kier alpha value is -1.23. The van der Waals surface area contributed by atoms with Crippen molar-refractivity contribution >= 4 is 0 Å². The van der Waals surface area contributed by atoms with Crippen molar-refractivity contribution in [2.24, 2.45) is 0 Å². The number of hydrogen-bond donors (Lipinski definition) is 2. The minimum atomic E-state index is -4.12. The van der Waals surface area contributed by atoms with Crippen LogP contribution in [-0.2, 0) is 0 Å². The van der Waals surface area contributed by atoms with E-state index in [1.807, 2.05) is 0 Å². The summed E-state index contributed by atoms with van der Waals surface area (Å²) in [5.74, 6) is 0.145. The smallest absolute Gasteiger partial charge is 0.390 e. The molecule has 2 N–H and O–H groups in total. The molecular weight excluding hydrogens is 219 g/mol. The maximum absolute atomic E-state index is 11.9. The molecule has 0 bridgehead atoms. The lowest BCUT2D eigenvalue weighted by Gasteiger charge is -2.15. The van der Waals surface area contributed by atoms with Gasteiger partial charge in [-0.25, -0.2) is 0 Å². The highest BCUT2D eigenvalue weighted by molar-refractivity contribution is 5.27. The minimum Gasteiger partial charge on any atom is -0.508 e. The van der Waals surface area contributed by atoms with Crippen LogP contribution in [0.2, 0.25) is 0 Å². The molecule has 0 spiro atoms. The Morgan fingerprint density at radius 1 is 1.25 bits per heavy atom. The van der Waals surface area contributed by atoms with E-state index in [1.165, 1.54) is 12.1 Å². The summed E-state index contributed by atoms with van der Waals surface area (Å²) in [4.78, 5) is 0. The zero-order chi connectivity index (χ0) is 12.2. The molecular formula is C11H14F3NO. The number of rotatable bonds is 4. The Morgan fingerprint density at radius 2 is 1.81 bits per heavy atom. The number of halogens is 3. The first kappa shape index (κ1) is 12.8. The first-order valence-electron chi connectivity index (χ1n) is 4.97. The van der Waals surface area contributed by atoms with Crippen LogP contribution in [0.3, 0.4) is 0 Å². The van der Waals surface area contributed by atoms with E-state index in [1.54, 1.807) is 19.1 Å². The molecule has 90 valence electrons. The third-order valence-electron chi connectivity index (χ3n) is 2.25. The first-order chi connectivity index (χ1) is 7.38. The summed E-state index contributed by atoms with van der Waals surface area (Å²) >= 11 is 0. The molecule has 16 heavy (non-hydrogen) atoms. The van der Waals surface area contributed by atoms with Gasteiger partial charge in [0.05, 0.1) is 6.42 Å². The summed E-state index contributed by atoms with van der Waals surface area (Å²) in [7, 11) is 0. The summed E-state index contributed by atoms with van der Waals surface area (Å²) in [5.41, 5.74) is 0.847. The Morgan fingerprint density at radius 3 is 2.31 bits per heavy atom. The predicted molar refractivity (Wildman–Crippen MR) is 55.2 cm³/mol. The zero-order valence-electron chi connectivity index (χ0n) is 8.88. The molecule has 0 aliphatic rings. The van der Waals surface area contributed by atoms with Crippen LogP contribution in [0.1, 0.15) is 24.9 Å². The van der Waals surface area contributed by atoms with E-state index in [0.29, 0.717) is 0 Å². The van der Waals surface area contributed by atoms with Crippen molar-refractivity contribution in [1.82, 2.24) is 5.32 Å². The molecule has 2 nitrogen and oxygen atoms in total. The molecule has 0 fully saturated rings. The maximum Gasteiger partial charge on any atom is 0.390 e. The normalized spacial score (nSPS) is 13.8. The van der Waals surface area contributed by atoms with Crippen LogP contribution in [0.15, 0.2) is 24.3 Å². The van der Waals surface area contributed by atoms with Crippen LogP contribution in [0, 0.1) is 0 Å². The van der Waals surface area contributed by atoms with Crippen LogP contribution in [0.5, 0.6) is 5.75 Å². The van der Waals surface area contributed by atoms with Crippen LogP contribution >= 0.6 is 0 Å². The number of benzene rings is 1. The van der Waals surface area contributed by atoms with Gasteiger partial charge in [-0.15, -0.1) is 0 Å². The van der Waals surface area contributed by atoms with E-state index >= 15 is 0 Å². The Labute approximate surface area is 92.1 Å². The second-order valence-corrected chi connectivity index (χ2v) is 3.63. The van der Waals surface area contributed by atoms with Crippen molar-refractivity contribution in [1.29, 1.82) is 0 Å². The standard InChI is InChI=1S/C11H14F3NO/c1-8(15-7-6-11(12,13)14)9-2-4-10(16)5-3-9/h2-5,8,15-16H,6-7H2,1H3. The molecule has 0 saturated heterocycles. The van der Waals surface area contributed by atoms with Gasteiger partial charge in [-0.05, 0) is 24.6 Å². The average molecular weight is 233 g/mol. The number of nitrogens with one attached hydrogen (secondary N) is 1. The van der Waals surface area contributed by atoms with Crippen molar-refractivity contribution in [3.63, 3.8) is 0 Å². The largest absolute Gasteiger partial charge is 0.508 e. The second kappa shape index (κ2) is 5.21. The number of phenolic OH excluding ortho intramolecular Hbond substituents is 1. The van der Waals surface area contributed by atoms with Gasteiger partial charge in [-0.1, -0.05) is 12.1 Å². The zero-order valence-corrected chi connectivity index (χ0v) is 8.88. The van der Waals surface area contributed by atoms with Gasteiger partial charge in [0, 0.05) is 12.6 Å². The maximum atomic E-state index is 11.9. The van der Waals surface area contributed by atoms with E-state index < -0.39 is 12.6 Å². The minimum absolute atomic E-state index is 0.106. The Bertz CT molecular complexity index is 321. The Kier molecular flexibility index (Phi) is 4.18. The summed E-state index contributed by atoms with van der Waals surface area (Å²) in [6.07, 6.45) is -4.96. The van der Waals surface area contributed by atoms with Crippen LogP contribution in [0.25, 0.3) is 0 Å². The first-order valence-corrected chi connectivity index (χ1v) is 4.97. The molecule has 1 rings (SSSR count). The molecule has 0 aromatic heterocycles. The number of hydrogen-bond acceptors (Lipinski definition) is 2. The fourth-order valence-electron chi connectivity index (χ4n) is 1.31. The molecule has 1 aromatic rings. The highest BCUT2D eigenvalue weighted by Crippen LogP contribution is 2.20. The molecule has 0 amide bonds. The number of alkyl halides is 3. The monoisotopic (exact) mass is 233 g/mol. The fraction of sp³-hybridized carbons (Fsp3) is 0.455. The molecule has 1 aromatic carbocycles. The lowest BCUT2D eigenvalue weighted by Crippen LogP contribution is -2.24. The van der Waals surface area contributed by atoms with E-state index in [2.05, 4.69) is 5.32 Å². The van der Waals surface area contributed by atoms with Crippen molar-refractivity contribution in [3.05, 3.63) is 29.8 Å². The van der Waals surface area contributed by atoms with Gasteiger partial charge in [0.15, 0.2) is 0 Å². The fourth-order valence-corrected chi connectivity index (χ4v) is 1.31. The van der Waals surface area contributed by atoms with Gasteiger partial charge in [-0.3, -0.25) is 0 Å². The highest BCUT2D eigenvalue weighted by atomic mass is 19.4. The summed E-state index contributed by atoms with van der Waals surface area (Å²) in [5, 5.41) is 11.8. The lowest BCUT2D eigenvalue weighted by atomic mass is 10.1. The third-order valence-corrected chi connectivity index (χ3v) is 2.25. The molecule has 0 saturated carbocycles. The van der Waals surface area contributed by atoms with Crippen molar-refractivity contribution in [2.75, 3.05) is 6.54 Å². The third kappa shape index (κ3) is 4.53. The van der Waals surface area contributed by atoms with Crippen molar-refractivity contribution in [3.8, 4) is 5.75 Å². The van der Waals surface area contributed by atoms with Crippen LogP contribution in [-0.4, -0.2) is 17.8 Å². The Balaban J connectivity index is 2.41. The van der Waals surface area contributed by atoms with Crippen LogP contribution < -0.4 is 5.32 Å². The van der Waals surface area contributed by atoms with Gasteiger partial charge in [0.1, 0.15) is 5.75 Å². The van der Waals surface area contributed by atoms with Gasteiger partial charge in [0.2, 0.25) is 0 Å². The predicted octanol–water partition coefficient (Wildman–Crippen LogP) is 3.00. The molecule has 1 unspecified atom stereocenters. The highest BCUT2D eigenvalue weighted by Gasteiger charge is 2.26. The molecule has 0 aliphatic heterocycles. The number of phenols is 1. The van der Waals surface area contributed by atoms with Crippen LogP contribution in [0.4, 0.5) is 13.2 Å². The van der Waals surface area contributed by atoms with Gasteiger partial charge in [0.25, 0.3) is 0 Å². The van der Waals surface area contributed by atoms with E-state index in [9.17, 15) is 13.2 Å². The average Bonchev–Trinajstić information content (AvgIpc) is 2.16. The summed E-state index contributed by atoms with van der Waals surface area (Å²) in [6, 6.07) is 6.22. The summed E-state index contributed by atoms with van der Waals surface area (Å²) < 4.78 is 35.7. The van der Waals surface area contributed by atoms with Gasteiger partial charge >= 0.3 is 6.18 Å². The quantitative estimate of drug-likeness (QED) is 0.837. The summed E-state index contributed by atoms with van der Waals surface area (Å²) in [6.45, 7) is 1.67. The van der Waals surface area contributed by atoms with E-state index in [4.69, 9.17) is 5.11 Å². The SMILES string of the molecule is CC(NCCC(F)(F)F)c1ccc(O)cc1. The molecule has 0 radical (unpaired) electrons. The molecule has 0 heterocycles.